The van der Waals surface area contributed by atoms with Crippen molar-refractivity contribution in [2.75, 3.05) is 13.6 Å². The first-order valence-corrected chi connectivity index (χ1v) is 7.27. The molecule has 1 N–H and O–H groups in total. The molecule has 0 unspecified atom stereocenters. The van der Waals surface area contributed by atoms with Crippen LogP contribution >= 0.6 is 0 Å². The molecule has 1 heterocycles. The molecule has 0 aliphatic carbocycles. The molecule has 1 rings (SSSR count). The molecule has 0 saturated carbocycles. The Balaban J connectivity index is 2.85. The second kappa shape index (κ2) is 7.20. The molecule has 0 fully saturated rings. The predicted molar refractivity (Wildman–Crippen MR) is 83.3 cm³/mol. The van der Waals surface area contributed by atoms with Gasteiger partial charge in [0.2, 0.25) is 0 Å². The highest BCUT2D eigenvalue weighted by molar-refractivity contribution is 5.99. The highest BCUT2D eigenvalue weighted by Crippen LogP contribution is 2.09. The molecule has 1 aromatic heterocycles. The summed E-state index contributed by atoms with van der Waals surface area (Å²) in [5.41, 5.74) is 0.518. The highest BCUT2D eigenvalue weighted by Gasteiger charge is 2.18. The van der Waals surface area contributed by atoms with Crippen LogP contribution in [0.5, 0.6) is 0 Å². The van der Waals surface area contributed by atoms with Crippen LogP contribution in [0.4, 0.5) is 0 Å². The fourth-order valence-electron chi connectivity index (χ4n) is 1.81. The van der Waals surface area contributed by atoms with Gasteiger partial charge in [0.25, 0.3) is 11.8 Å². The van der Waals surface area contributed by atoms with Gasteiger partial charge in [-0.15, -0.1) is 0 Å². The Bertz CT molecular complexity index is 506. The first-order chi connectivity index (χ1) is 9.74. The predicted octanol–water partition coefficient (Wildman–Crippen LogP) is 2.48. The van der Waals surface area contributed by atoms with E-state index >= 15 is 0 Å². The van der Waals surface area contributed by atoms with Gasteiger partial charge in [-0.05, 0) is 33.3 Å². The zero-order valence-electron chi connectivity index (χ0n) is 13.6. The van der Waals surface area contributed by atoms with Gasteiger partial charge in [0.1, 0.15) is 0 Å². The van der Waals surface area contributed by atoms with E-state index in [2.05, 4.69) is 17.2 Å². The molecular formula is C16H25N3O2. The first kappa shape index (κ1) is 17.1. The number of aromatic nitrogens is 1. The van der Waals surface area contributed by atoms with Crippen LogP contribution in [0, 0.1) is 0 Å². The molecule has 2 amide bonds. The van der Waals surface area contributed by atoms with E-state index in [4.69, 9.17) is 0 Å². The number of amides is 2. The van der Waals surface area contributed by atoms with Crippen molar-refractivity contribution < 1.29 is 9.59 Å². The van der Waals surface area contributed by atoms with Crippen LogP contribution in [0.1, 0.15) is 61.3 Å². The zero-order valence-corrected chi connectivity index (χ0v) is 13.6. The molecule has 0 aliphatic rings. The summed E-state index contributed by atoms with van der Waals surface area (Å²) < 4.78 is 0. The standard InChI is InChI=1S/C16H25N3O2/c1-6-7-8-19(5)15(21)13-9-12(10-17-11-13)14(20)18-16(2,3)4/h9-11H,6-8H2,1-5H3,(H,18,20). The quantitative estimate of drug-likeness (QED) is 0.906. The minimum Gasteiger partial charge on any atom is -0.347 e. The van der Waals surface area contributed by atoms with E-state index in [0.29, 0.717) is 17.7 Å². The summed E-state index contributed by atoms with van der Waals surface area (Å²) in [5.74, 6) is -0.331. The maximum Gasteiger partial charge on any atom is 0.255 e. The summed E-state index contributed by atoms with van der Waals surface area (Å²) in [7, 11) is 1.76. The lowest BCUT2D eigenvalue weighted by Crippen LogP contribution is -2.40. The van der Waals surface area contributed by atoms with Gasteiger partial charge in [-0.2, -0.15) is 0 Å². The third kappa shape index (κ3) is 5.53. The maximum atomic E-state index is 12.3. The number of nitrogens with one attached hydrogen (secondary N) is 1. The molecule has 0 aromatic carbocycles. The number of carbonyl (C=O) groups is 2. The van der Waals surface area contributed by atoms with Gasteiger partial charge in [-0.25, -0.2) is 0 Å². The second-order valence-electron chi connectivity index (χ2n) is 6.25. The van der Waals surface area contributed by atoms with Crippen molar-refractivity contribution in [3.63, 3.8) is 0 Å². The number of hydrogen-bond acceptors (Lipinski definition) is 3. The number of carbonyl (C=O) groups excluding carboxylic acids is 2. The van der Waals surface area contributed by atoms with Crippen LogP contribution in [0.2, 0.25) is 0 Å². The number of hydrogen-bond donors (Lipinski definition) is 1. The fourth-order valence-corrected chi connectivity index (χ4v) is 1.81. The van der Waals surface area contributed by atoms with E-state index in [1.165, 1.54) is 12.4 Å². The van der Waals surface area contributed by atoms with Crippen molar-refractivity contribution in [2.24, 2.45) is 0 Å². The highest BCUT2D eigenvalue weighted by atomic mass is 16.2. The van der Waals surface area contributed by atoms with E-state index in [-0.39, 0.29) is 17.4 Å². The van der Waals surface area contributed by atoms with Crippen molar-refractivity contribution in [3.8, 4) is 0 Å². The molecule has 116 valence electrons. The summed E-state index contributed by atoms with van der Waals surface area (Å²) in [6.07, 6.45) is 4.96. The largest absolute Gasteiger partial charge is 0.347 e. The van der Waals surface area contributed by atoms with Crippen LogP contribution in [-0.2, 0) is 0 Å². The van der Waals surface area contributed by atoms with Gasteiger partial charge in [-0.1, -0.05) is 13.3 Å². The van der Waals surface area contributed by atoms with Crippen LogP contribution < -0.4 is 5.32 Å². The molecule has 0 aliphatic heterocycles. The number of rotatable bonds is 5. The van der Waals surface area contributed by atoms with E-state index in [1.54, 1.807) is 18.0 Å². The molecule has 21 heavy (non-hydrogen) atoms. The fraction of sp³-hybridized carbons (Fsp3) is 0.562. The minimum atomic E-state index is -0.324. The molecule has 0 atom stereocenters. The molecule has 1 aromatic rings. The minimum absolute atomic E-state index is 0.110. The Hall–Kier alpha value is -1.91. The number of unbranched alkanes of at least 4 members (excludes halogenated alkanes) is 1. The van der Waals surface area contributed by atoms with Gasteiger partial charge in [0.05, 0.1) is 11.1 Å². The Morgan fingerprint density at radius 2 is 1.86 bits per heavy atom. The zero-order chi connectivity index (χ0) is 16.0. The lowest BCUT2D eigenvalue weighted by molar-refractivity contribution is 0.0793. The normalized spacial score (nSPS) is 11.1. The topological polar surface area (TPSA) is 62.3 Å². The van der Waals surface area contributed by atoms with Crippen LogP contribution in [0.3, 0.4) is 0 Å². The SMILES string of the molecule is CCCCN(C)C(=O)c1cncc(C(=O)NC(C)(C)C)c1. The average Bonchev–Trinajstić information content (AvgIpc) is 2.42. The lowest BCUT2D eigenvalue weighted by atomic mass is 10.1. The lowest BCUT2D eigenvalue weighted by Gasteiger charge is -2.21. The van der Waals surface area contributed by atoms with E-state index in [1.807, 2.05) is 20.8 Å². The van der Waals surface area contributed by atoms with Gasteiger partial charge in [0, 0.05) is 31.5 Å². The summed E-state index contributed by atoms with van der Waals surface area (Å²) in [6.45, 7) is 8.51. The van der Waals surface area contributed by atoms with Gasteiger partial charge in [-0.3, -0.25) is 14.6 Å². The van der Waals surface area contributed by atoms with Gasteiger partial charge in [0.15, 0.2) is 0 Å². The van der Waals surface area contributed by atoms with Crippen molar-refractivity contribution in [1.82, 2.24) is 15.2 Å². The molecule has 5 nitrogen and oxygen atoms in total. The van der Waals surface area contributed by atoms with Crippen molar-refractivity contribution in [3.05, 3.63) is 29.6 Å². The Kier molecular flexibility index (Phi) is 5.88. The van der Waals surface area contributed by atoms with Gasteiger partial charge >= 0.3 is 0 Å². The maximum absolute atomic E-state index is 12.3. The van der Waals surface area contributed by atoms with Crippen LogP contribution in [0.15, 0.2) is 18.5 Å². The van der Waals surface area contributed by atoms with Gasteiger partial charge < -0.3 is 10.2 Å². The molecule has 5 heteroatoms. The van der Waals surface area contributed by atoms with E-state index in [0.717, 1.165) is 12.8 Å². The Labute approximate surface area is 126 Å². The Morgan fingerprint density at radius 1 is 1.24 bits per heavy atom. The summed E-state index contributed by atoms with van der Waals surface area (Å²) >= 11 is 0. The van der Waals surface area contributed by atoms with E-state index in [9.17, 15) is 9.59 Å². The van der Waals surface area contributed by atoms with Crippen LogP contribution in [-0.4, -0.2) is 40.8 Å². The number of nitrogens with zero attached hydrogens (tertiary/aromatic N) is 2. The molecule has 0 saturated heterocycles. The molecule has 0 spiro atoms. The molecule has 0 radical (unpaired) electrons. The first-order valence-electron chi connectivity index (χ1n) is 7.27. The summed E-state index contributed by atoms with van der Waals surface area (Å²) in [6, 6.07) is 1.60. The smallest absolute Gasteiger partial charge is 0.255 e. The average molecular weight is 291 g/mol. The molecular weight excluding hydrogens is 266 g/mol. The van der Waals surface area contributed by atoms with Crippen LogP contribution in [0.25, 0.3) is 0 Å². The summed E-state index contributed by atoms with van der Waals surface area (Å²) in [5, 5.41) is 2.86. The third-order valence-corrected chi connectivity index (χ3v) is 2.93. The summed E-state index contributed by atoms with van der Waals surface area (Å²) in [4.78, 5) is 30.0. The second-order valence-corrected chi connectivity index (χ2v) is 6.25. The van der Waals surface area contributed by atoms with E-state index < -0.39 is 0 Å². The van der Waals surface area contributed by atoms with Crippen molar-refractivity contribution in [1.29, 1.82) is 0 Å². The monoisotopic (exact) mass is 291 g/mol. The number of pyridine rings is 1. The molecule has 0 bridgehead atoms. The Morgan fingerprint density at radius 3 is 2.43 bits per heavy atom. The third-order valence-electron chi connectivity index (χ3n) is 2.93. The van der Waals surface area contributed by atoms with Crippen molar-refractivity contribution >= 4 is 11.8 Å². The van der Waals surface area contributed by atoms with Crippen molar-refractivity contribution in [2.45, 2.75) is 46.1 Å².